The molecule has 2 heterocycles. The zero-order valence-electron chi connectivity index (χ0n) is 11.2. The first-order chi connectivity index (χ1) is 10.1. The average Bonchev–Trinajstić information content (AvgIpc) is 2.91. The Morgan fingerprint density at radius 3 is 2.71 bits per heavy atom. The second kappa shape index (κ2) is 5.21. The monoisotopic (exact) mass is 300 g/mol. The number of carbonyl (C=O) groups is 2. The minimum atomic E-state index is -1.13. The molecule has 106 valence electrons. The van der Waals surface area contributed by atoms with Crippen molar-refractivity contribution in [2.24, 2.45) is 4.99 Å². The zero-order valence-corrected chi connectivity index (χ0v) is 12.0. The number of thioether (sulfide) groups is 1. The van der Waals surface area contributed by atoms with Gasteiger partial charge in [0.25, 0.3) is 0 Å². The minimum absolute atomic E-state index is 0.0192. The number of amidine groups is 1. The lowest BCUT2D eigenvalue weighted by atomic mass is 10.0. The number of aliphatic carboxylic acids is 1. The molecule has 0 saturated carbocycles. The van der Waals surface area contributed by atoms with Crippen molar-refractivity contribution in [3.63, 3.8) is 0 Å². The normalized spacial score (nSPS) is 20.3. The Labute approximate surface area is 125 Å². The lowest BCUT2D eigenvalue weighted by Crippen LogP contribution is -2.41. The van der Waals surface area contributed by atoms with Crippen molar-refractivity contribution in [3.8, 4) is 0 Å². The number of carboxylic acids is 1. The molecule has 1 atom stereocenters. The molecule has 0 aliphatic carbocycles. The predicted molar refractivity (Wildman–Crippen MR) is 81.6 cm³/mol. The number of fused-ring (bicyclic) bond motifs is 1. The number of hydrogen-bond donors (Lipinski definition) is 1. The van der Waals surface area contributed by atoms with Crippen LogP contribution in [0.1, 0.15) is 11.1 Å². The summed E-state index contributed by atoms with van der Waals surface area (Å²) >= 11 is 1.38. The fourth-order valence-electron chi connectivity index (χ4n) is 2.27. The van der Waals surface area contributed by atoms with Gasteiger partial charge in [-0.25, -0.2) is 9.79 Å². The Morgan fingerprint density at radius 2 is 2.10 bits per heavy atom. The van der Waals surface area contributed by atoms with Gasteiger partial charge >= 0.3 is 5.97 Å². The highest BCUT2D eigenvalue weighted by molar-refractivity contribution is 8.16. The van der Waals surface area contributed by atoms with E-state index in [1.54, 1.807) is 4.90 Å². The van der Waals surface area contributed by atoms with Gasteiger partial charge in [0.05, 0.1) is 11.3 Å². The standard InChI is InChI=1S/C15H12N2O3S/c1-9-2-4-10(5-3-9)13-8-21-15-16-6-11(14(19)20)12(7-18)17(13)15/h2-8,12H,1H3,(H,19,20). The van der Waals surface area contributed by atoms with Crippen LogP contribution in [-0.2, 0) is 9.59 Å². The van der Waals surface area contributed by atoms with Crippen LogP contribution in [0.5, 0.6) is 0 Å². The molecule has 0 saturated heterocycles. The maximum Gasteiger partial charge on any atom is 0.335 e. The third kappa shape index (κ3) is 2.27. The molecule has 1 unspecified atom stereocenters. The summed E-state index contributed by atoms with van der Waals surface area (Å²) in [6.07, 6.45) is 1.90. The van der Waals surface area contributed by atoms with E-state index < -0.39 is 12.0 Å². The van der Waals surface area contributed by atoms with Crippen LogP contribution in [0.3, 0.4) is 0 Å². The molecule has 6 heteroatoms. The zero-order chi connectivity index (χ0) is 15.0. The van der Waals surface area contributed by atoms with Gasteiger partial charge in [-0.05, 0) is 12.5 Å². The van der Waals surface area contributed by atoms with Crippen LogP contribution in [0.15, 0.2) is 46.4 Å². The first-order valence-corrected chi connectivity index (χ1v) is 7.19. The van der Waals surface area contributed by atoms with Crippen LogP contribution in [-0.4, -0.2) is 33.5 Å². The molecule has 2 aliphatic rings. The molecule has 1 aromatic rings. The number of carbonyl (C=O) groups excluding carboxylic acids is 1. The molecule has 21 heavy (non-hydrogen) atoms. The quantitative estimate of drug-likeness (QED) is 0.867. The highest BCUT2D eigenvalue weighted by Gasteiger charge is 2.37. The van der Waals surface area contributed by atoms with E-state index >= 15 is 0 Å². The van der Waals surface area contributed by atoms with Crippen molar-refractivity contribution < 1.29 is 14.7 Å². The van der Waals surface area contributed by atoms with Crippen molar-refractivity contribution in [1.82, 2.24) is 4.90 Å². The smallest absolute Gasteiger partial charge is 0.335 e. The fraction of sp³-hybridized carbons (Fsp3) is 0.133. The second-order valence-electron chi connectivity index (χ2n) is 4.74. The van der Waals surface area contributed by atoms with Gasteiger partial charge in [0.2, 0.25) is 0 Å². The van der Waals surface area contributed by atoms with E-state index in [2.05, 4.69) is 4.99 Å². The van der Waals surface area contributed by atoms with Gasteiger partial charge in [0.1, 0.15) is 12.3 Å². The molecule has 0 amide bonds. The van der Waals surface area contributed by atoms with E-state index in [0.29, 0.717) is 11.5 Å². The summed E-state index contributed by atoms with van der Waals surface area (Å²) in [5, 5.41) is 11.7. The maximum atomic E-state index is 11.4. The molecule has 0 bridgehead atoms. The summed E-state index contributed by atoms with van der Waals surface area (Å²) in [5.74, 6) is -1.13. The first kappa shape index (κ1) is 13.6. The molecule has 1 N–H and O–H groups in total. The number of hydrogen-bond acceptors (Lipinski definition) is 5. The minimum Gasteiger partial charge on any atom is -0.478 e. The van der Waals surface area contributed by atoms with Gasteiger partial charge < -0.3 is 14.8 Å². The summed E-state index contributed by atoms with van der Waals surface area (Å²) in [7, 11) is 0. The number of nitrogens with zero attached hydrogens (tertiary/aromatic N) is 2. The van der Waals surface area contributed by atoms with E-state index in [4.69, 9.17) is 0 Å². The van der Waals surface area contributed by atoms with Crippen LogP contribution in [0.25, 0.3) is 5.70 Å². The molecule has 5 nitrogen and oxygen atoms in total. The first-order valence-electron chi connectivity index (χ1n) is 6.31. The largest absolute Gasteiger partial charge is 0.478 e. The van der Waals surface area contributed by atoms with Gasteiger partial charge in [-0.15, -0.1) is 0 Å². The maximum absolute atomic E-state index is 11.4. The molecular weight excluding hydrogens is 288 g/mol. The molecule has 0 aromatic heterocycles. The summed E-state index contributed by atoms with van der Waals surface area (Å²) in [6.45, 7) is 1.99. The van der Waals surface area contributed by atoms with Crippen molar-refractivity contribution >= 4 is 34.9 Å². The third-order valence-electron chi connectivity index (χ3n) is 3.38. The fourth-order valence-corrected chi connectivity index (χ4v) is 3.18. The Morgan fingerprint density at radius 1 is 1.38 bits per heavy atom. The molecular formula is C15H12N2O3S. The van der Waals surface area contributed by atoms with E-state index in [-0.39, 0.29) is 5.57 Å². The summed E-state index contributed by atoms with van der Waals surface area (Å²) in [4.78, 5) is 28.5. The molecule has 0 fully saturated rings. The SMILES string of the molecule is Cc1ccc(C2=CSC3=NC=C(C(=O)O)C(C=O)N23)cc1. The average molecular weight is 300 g/mol. The van der Waals surface area contributed by atoms with Crippen molar-refractivity contribution in [2.75, 3.05) is 0 Å². The number of benzene rings is 1. The predicted octanol–water partition coefficient (Wildman–Crippen LogP) is 2.25. The Balaban J connectivity index is 2.02. The Bertz CT molecular complexity index is 704. The van der Waals surface area contributed by atoms with Crippen LogP contribution < -0.4 is 0 Å². The van der Waals surface area contributed by atoms with E-state index in [0.717, 1.165) is 16.8 Å². The van der Waals surface area contributed by atoms with Gasteiger partial charge in [-0.3, -0.25) is 0 Å². The van der Waals surface area contributed by atoms with E-state index in [1.165, 1.54) is 18.0 Å². The van der Waals surface area contributed by atoms with Gasteiger partial charge in [0.15, 0.2) is 5.17 Å². The van der Waals surface area contributed by atoms with Crippen LogP contribution in [0.4, 0.5) is 0 Å². The van der Waals surface area contributed by atoms with E-state index in [1.807, 2.05) is 36.6 Å². The topological polar surface area (TPSA) is 70.0 Å². The number of aliphatic imine (C=N–C) groups is 1. The van der Waals surface area contributed by atoms with Crippen LogP contribution >= 0.6 is 11.8 Å². The summed E-state index contributed by atoms with van der Waals surface area (Å²) in [5.41, 5.74) is 2.84. The Kier molecular flexibility index (Phi) is 3.39. The third-order valence-corrected chi connectivity index (χ3v) is 4.23. The lowest BCUT2D eigenvalue weighted by Gasteiger charge is -2.30. The number of aryl methyl sites for hydroxylation is 1. The van der Waals surface area contributed by atoms with Crippen molar-refractivity contribution in [1.29, 1.82) is 0 Å². The molecule has 0 spiro atoms. The number of aldehydes is 1. The van der Waals surface area contributed by atoms with Gasteiger partial charge in [0, 0.05) is 11.6 Å². The molecule has 0 radical (unpaired) electrons. The second-order valence-corrected chi connectivity index (χ2v) is 5.58. The van der Waals surface area contributed by atoms with Crippen molar-refractivity contribution in [2.45, 2.75) is 13.0 Å². The highest BCUT2D eigenvalue weighted by atomic mass is 32.2. The van der Waals surface area contributed by atoms with Gasteiger partial charge in [-0.1, -0.05) is 41.6 Å². The summed E-state index contributed by atoms with van der Waals surface area (Å²) in [6, 6.07) is 7.00. The van der Waals surface area contributed by atoms with Gasteiger partial charge in [-0.2, -0.15) is 0 Å². The van der Waals surface area contributed by atoms with Crippen LogP contribution in [0, 0.1) is 6.92 Å². The Hall–Kier alpha value is -2.34. The lowest BCUT2D eigenvalue weighted by molar-refractivity contribution is -0.134. The van der Waals surface area contributed by atoms with Crippen molar-refractivity contribution in [3.05, 3.63) is 52.6 Å². The van der Waals surface area contributed by atoms with E-state index in [9.17, 15) is 14.7 Å². The highest BCUT2D eigenvalue weighted by Crippen LogP contribution is 2.38. The van der Waals surface area contributed by atoms with Crippen LogP contribution in [0.2, 0.25) is 0 Å². The number of rotatable bonds is 3. The molecule has 2 aliphatic heterocycles. The summed E-state index contributed by atoms with van der Waals surface area (Å²) < 4.78 is 0. The molecule has 1 aromatic carbocycles. The molecule has 3 rings (SSSR count). The number of carboxylic acid groups (broad SMARTS) is 1.